The summed E-state index contributed by atoms with van der Waals surface area (Å²) in [6.45, 7) is 2.38. The molecular formula is C24H22N4O4S. The largest absolute Gasteiger partial charge is 0.416 e. The van der Waals surface area contributed by atoms with Gasteiger partial charge in [-0.05, 0) is 66.9 Å². The van der Waals surface area contributed by atoms with Crippen molar-refractivity contribution in [2.45, 2.75) is 18.2 Å². The Balaban J connectivity index is 1.35. The van der Waals surface area contributed by atoms with E-state index in [9.17, 15) is 13.2 Å². The van der Waals surface area contributed by atoms with Crippen molar-refractivity contribution in [3.05, 3.63) is 89.5 Å². The van der Waals surface area contributed by atoms with E-state index >= 15 is 0 Å². The number of hydrogen-bond acceptors (Lipinski definition) is 6. The first-order chi connectivity index (χ1) is 15.8. The summed E-state index contributed by atoms with van der Waals surface area (Å²) in [5.74, 6) is 0.610. The van der Waals surface area contributed by atoms with E-state index in [1.165, 1.54) is 12.1 Å². The molecule has 0 spiro atoms. The number of sulfonamides is 1. The van der Waals surface area contributed by atoms with Crippen molar-refractivity contribution in [1.29, 1.82) is 0 Å². The average Bonchev–Trinajstić information content (AvgIpc) is 3.29. The van der Waals surface area contributed by atoms with E-state index in [-0.39, 0.29) is 10.8 Å². The van der Waals surface area contributed by atoms with Gasteiger partial charge in [0, 0.05) is 23.2 Å². The number of nitrogens with zero attached hydrogens (tertiary/aromatic N) is 2. The molecule has 3 N–H and O–H groups in total. The van der Waals surface area contributed by atoms with Crippen LogP contribution in [0.1, 0.15) is 21.5 Å². The van der Waals surface area contributed by atoms with Gasteiger partial charge < -0.3 is 9.73 Å². The van der Waals surface area contributed by atoms with Crippen LogP contribution in [0.4, 0.5) is 0 Å². The standard InChI is InChI=1S/C24H22N4O4S/c1-16-4-2-3-5-21(16)24-28-27-23(32-24)19-10-8-18(9-11-19)22(29)26-15-14-17-6-12-20(13-7-17)33(25,30)31/h2-13H,14-15H2,1H3,(H,26,29)(H2,25,30,31). The molecule has 0 saturated heterocycles. The highest BCUT2D eigenvalue weighted by Gasteiger charge is 2.13. The topological polar surface area (TPSA) is 128 Å². The molecule has 0 saturated carbocycles. The zero-order valence-electron chi connectivity index (χ0n) is 17.9. The normalized spacial score (nSPS) is 11.3. The van der Waals surface area contributed by atoms with E-state index in [1.807, 2.05) is 31.2 Å². The van der Waals surface area contributed by atoms with Crippen molar-refractivity contribution >= 4 is 15.9 Å². The van der Waals surface area contributed by atoms with Crippen molar-refractivity contribution in [2.75, 3.05) is 6.54 Å². The van der Waals surface area contributed by atoms with E-state index in [2.05, 4.69) is 15.5 Å². The Morgan fingerprint density at radius 3 is 2.27 bits per heavy atom. The van der Waals surface area contributed by atoms with Crippen LogP contribution >= 0.6 is 0 Å². The molecule has 0 aliphatic heterocycles. The second-order valence-corrected chi connectivity index (χ2v) is 9.06. The number of nitrogens with one attached hydrogen (secondary N) is 1. The van der Waals surface area contributed by atoms with Gasteiger partial charge in [0.05, 0.1) is 4.90 Å². The minimum Gasteiger partial charge on any atom is -0.416 e. The van der Waals surface area contributed by atoms with E-state index in [0.717, 1.165) is 16.7 Å². The zero-order chi connectivity index (χ0) is 23.4. The molecule has 0 bridgehead atoms. The van der Waals surface area contributed by atoms with E-state index in [4.69, 9.17) is 9.56 Å². The molecule has 33 heavy (non-hydrogen) atoms. The molecule has 0 aliphatic rings. The first-order valence-corrected chi connectivity index (χ1v) is 11.8. The molecule has 9 heteroatoms. The molecule has 168 valence electrons. The molecular weight excluding hydrogens is 440 g/mol. The molecule has 3 aromatic carbocycles. The van der Waals surface area contributed by atoms with Gasteiger partial charge in [-0.15, -0.1) is 10.2 Å². The smallest absolute Gasteiger partial charge is 0.251 e. The zero-order valence-corrected chi connectivity index (χ0v) is 18.7. The number of aryl methyl sites for hydroxylation is 1. The summed E-state index contributed by atoms with van der Waals surface area (Å²) < 4.78 is 28.4. The molecule has 4 rings (SSSR count). The third kappa shape index (κ3) is 5.33. The maximum Gasteiger partial charge on any atom is 0.251 e. The summed E-state index contributed by atoms with van der Waals surface area (Å²) in [6, 6.07) is 20.9. The first-order valence-electron chi connectivity index (χ1n) is 10.2. The molecule has 0 unspecified atom stereocenters. The van der Waals surface area contributed by atoms with E-state index in [0.29, 0.717) is 35.9 Å². The quantitative estimate of drug-likeness (QED) is 0.434. The highest BCUT2D eigenvalue weighted by atomic mass is 32.2. The number of hydrogen-bond donors (Lipinski definition) is 2. The molecule has 4 aromatic rings. The number of carbonyl (C=O) groups is 1. The minimum atomic E-state index is -3.71. The highest BCUT2D eigenvalue weighted by molar-refractivity contribution is 7.89. The Labute approximate surface area is 191 Å². The second-order valence-electron chi connectivity index (χ2n) is 7.50. The molecule has 0 fully saturated rings. The first kappa shape index (κ1) is 22.4. The van der Waals surface area contributed by atoms with E-state index < -0.39 is 10.0 Å². The number of aromatic nitrogens is 2. The van der Waals surface area contributed by atoms with Crippen LogP contribution in [0.25, 0.3) is 22.9 Å². The van der Waals surface area contributed by atoms with Crippen molar-refractivity contribution in [3.63, 3.8) is 0 Å². The van der Waals surface area contributed by atoms with Gasteiger partial charge >= 0.3 is 0 Å². The van der Waals surface area contributed by atoms with Crippen LogP contribution in [-0.4, -0.2) is 31.1 Å². The van der Waals surface area contributed by atoms with Crippen molar-refractivity contribution in [2.24, 2.45) is 5.14 Å². The third-order valence-corrected chi connectivity index (χ3v) is 6.07. The summed E-state index contributed by atoms with van der Waals surface area (Å²) in [4.78, 5) is 12.5. The Kier molecular flexibility index (Phi) is 6.34. The summed E-state index contributed by atoms with van der Waals surface area (Å²) in [5.41, 5.74) is 4.03. The lowest BCUT2D eigenvalue weighted by Crippen LogP contribution is -2.25. The number of benzene rings is 3. The fourth-order valence-corrected chi connectivity index (χ4v) is 3.81. The molecule has 0 aliphatic carbocycles. The number of carbonyl (C=O) groups excluding carboxylic acids is 1. The Bertz CT molecular complexity index is 1380. The predicted molar refractivity (Wildman–Crippen MR) is 124 cm³/mol. The molecule has 0 radical (unpaired) electrons. The molecule has 0 atom stereocenters. The minimum absolute atomic E-state index is 0.0580. The van der Waals surface area contributed by atoms with Gasteiger partial charge in [0.1, 0.15) is 0 Å². The maximum atomic E-state index is 12.4. The summed E-state index contributed by atoms with van der Waals surface area (Å²) in [7, 11) is -3.71. The van der Waals surface area contributed by atoms with Crippen molar-refractivity contribution < 1.29 is 17.6 Å². The summed E-state index contributed by atoms with van der Waals surface area (Å²) in [6.07, 6.45) is 0.554. The number of rotatable bonds is 7. The average molecular weight is 463 g/mol. The monoisotopic (exact) mass is 462 g/mol. The SMILES string of the molecule is Cc1ccccc1-c1nnc(-c2ccc(C(=O)NCCc3ccc(S(N)(=O)=O)cc3)cc2)o1. The maximum absolute atomic E-state index is 12.4. The number of nitrogens with two attached hydrogens (primary N) is 1. The summed E-state index contributed by atoms with van der Waals surface area (Å²) >= 11 is 0. The predicted octanol–water partition coefficient (Wildman–Crippen LogP) is 3.33. The van der Waals surface area contributed by atoms with Crippen LogP contribution in [0, 0.1) is 6.92 Å². The molecule has 8 nitrogen and oxygen atoms in total. The second kappa shape index (κ2) is 9.35. The Hall–Kier alpha value is -3.82. The van der Waals surface area contributed by atoms with Gasteiger partial charge in [-0.25, -0.2) is 13.6 Å². The van der Waals surface area contributed by atoms with Crippen molar-refractivity contribution in [3.8, 4) is 22.9 Å². The fraction of sp³-hybridized carbons (Fsp3) is 0.125. The van der Waals surface area contributed by atoms with Crippen LogP contribution in [0.3, 0.4) is 0 Å². The van der Waals surface area contributed by atoms with Crippen molar-refractivity contribution in [1.82, 2.24) is 15.5 Å². The van der Waals surface area contributed by atoms with E-state index in [1.54, 1.807) is 36.4 Å². The lowest BCUT2D eigenvalue weighted by atomic mass is 10.1. The van der Waals surface area contributed by atoms with Crippen LogP contribution < -0.4 is 10.5 Å². The van der Waals surface area contributed by atoms with Gasteiger partial charge in [0.25, 0.3) is 5.91 Å². The molecule has 1 heterocycles. The molecule has 1 amide bonds. The van der Waals surface area contributed by atoms with Gasteiger partial charge in [0.15, 0.2) is 0 Å². The lowest BCUT2D eigenvalue weighted by molar-refractivity contribution is 0.0954. The Morgan fingerprint density at radius 1 is 0.939 bits per heavy atom. The van der Waals surface area contributed by atoms with Gasteiger partial charge in [-0.3, -0.25) is 4.79 Å². The third-order valence-electron chi connectivity index (χ3n) is 5.15. The lowest BCUT2D eigenvalue weighted by Gasteiger charge is -2.06. The van der Waals surface area contributed by atoms with Gasteiger partial charge in [-0.1, -0.05) is 30.3 Å². The van der Waals surface area contributed by atoms with Crippen LogP contribution in [0.5, 0.6) is 0 Å². The summed E-state index contributed by atoms with van der Waals surface area (Å²) in [5, 5.41) is 16.2. The van der Waals surface area contributed by atoms with Gasteiger partial charge in [0.2, 0.25) is 21.8 Å². The van der Waals surface area contributed by atoms with Crippen LogP contribution in [0.2, 0.25) is 0 Å². The fourth-order valence-electron chi connectivity index (χ4n) is 3.29. The molecule has 1 aromatic heterocycles. The number of amides is 1. The van der Waals surface area contributed by atoms with Crippen LogP contribution in [-0.2, 0) is 16.4 Å². The number of primary sulfonamides is 1. The Morgan fingerprint density at radius 2 is 1.61 bits per heavy atom. The highest BCUT2D eigenvalue weighted by Crippen LogP contribution is 2.26. The van der Waals surface area contributed by atoms with Gasteiger partial charge in [-0.2, -0.15) is 0 Å². The van der Waals surface area contributed by atoms with Crippen LogP contribution in [0.15, 0.2) is 82.1 Å².